The van der Waals surface area contributed by atoms with Crippen LogP contribution in [0.25, 0.3) is 0 Å². The molecule has 5 heteroatoms. The van der Waals surface area contributed by atoms with E-state index in [4.69, 9.17) is 4.42 Å². The summed E-state index contributed by atoms with van der Waals surface area (Å²) in [5.74, 6) is 6.05. The molecule has 0 aromatic carbocycles. The molecule has 2 aromatic heterocycles. The molecule has 1 aliphatic heterocycles. The van der Waals surface area contributed by atoms with Crippen LogP contribution in [0.3, 0.4) is 0 Å². The first-order valence-corrected chi connectivity index (χ1v) is 9.51. The molecule has 4 rings (SSSR count). The molecule has 0 bridgehead atoms. The van der Waals surface area contributed by atoms with Crippen LogP contribution in [0.1, 0.15) is 68.1 Å². The average Bonchev–Trinajstić information content (AvgIpc) is 3.04. The molecule has 2 aromatic rings. The van der Waals surface area contributed by atoms with Crippen molar-refractivity contribution in [3.8, 4) is 0 Å². The minimum absolute atomic E-state index is 0.668. The van der Waals surface area contributed by atoms with Gasteiger partial charge in [0.25, 0.3) is 0 Å². The Balaban J connectivity index is 1.20. The summed E-state index contributed by atoms with van der Waals surface area (Å²) in [6, 6.07) is 4.27. The minimum atomic E-state index is 0.668. The van der Waals surface area contributed by atoms with Gasteiger partial charge in [0.1, 0.15) is 23.2 Å². The molecular weight excluding hydrogens is 300 g/mol. The second-order valence-corrected chi connectivity index (χ2v) is 7.40. The van der Waals surface area contributed by atoms with Crippen LogP contribution in [0.4, 0.5) is 0 Å². The molecule has 24 heavy (non-hydrogen) atoms. The van der Waals surface area contributed by atoms with Gasteiger partial charge >= 0.3 is 0 Å². The van der Waals surface area contributed by atoms with Crippen LogP contribution < -0.4 is 5.32 Å². The molecule has 0 saturated heterocycles. The molecule has 1 aliphatic carbocycles. The monoisotopic (exact) mass is 328 g/mol. The fourth-order valence-corrected chi connectivity index (χ4v) is 3.72. The van der Waals surface area contributed by atoms with Crippen molar-refractivity contribution < 1.29 is 4.42 Å². The summed E-state index contributed by atoms with van der Waals surface area (Å²) in [5, 5.41) is 12.3. The maximum absolute atomic E-state index is 5.93. The molecule has 1 N–H and O–H groups in total. The van der Waals surface area contributed by atoms with E-state index in [0.717, 1.165) is 56.4 Å². The van der Waals surface area contributed by atoms with Crippen molar-refractivity contribution in [3.05, 3.63) is 35.3 Å². The van der Waals surface area contributed by atoms with Gasteiger partial charge in [-0.05, 0) is 50.3 Å². The number of furan rings is 1. The number of aromatic nitrogens is 3. The molecule has 0 amide bonds. The Morgan fingerprint density at radius 1 is 1.25 bits per heavy atom. The number of aryl methyl sites for hydroxylation is 2. The lowest BCUT2D eigenvalue weighted by molar-refractivity contribution is 0.442. The van der Waals surface area contributed by atoms with Gasteiger partial charge < -0.3 is 14.3 Å². The van der Waals surface area contributed by atoms with Crippen LogP contribution in [-0.4, -0.2) is 21.3 Å². The van der Waals surface area contributed by atoms with E-state index in [1.807, 2.05) is 0 Å². The molecule has 2 aliphatic rings. The van der Waals surface area contributed by atoms with Crippen molar-refractivity contribution in [2.45, 2.75) is 70.9 Å². The van der Waals surface area contributed by atoms with E-state index >= 15 is 0 Å². The zero-order valence-electron chi connectivity index (χ0n) is 14.6. The highest BCUT2D eigenvalue weighted by Crippen LogP contribution is 2.47. The molecule has 130 valence electrons. The second kappa shape index (κ2) is 7.09. The van der Waals surface area contributed by atoms with Gasteiger partial charge in [-0.25, -0.2) is 0 Å². The van der Waals surface area contributed by atoms with Crippen molar-refractivity contribution in [1.29, 1.82) is 0 Å². The minimum Gasteiger partial charge on any atom is -0.464 e. The lowest BCUT2D eigenvalue weighted by atomic mass is 10.2. The number of hydrogen-bond donors (Lipinski definition) is 1. The van der Waals surface area contributed by atoms with Crippen LogP contribution in [0, 0.1) is 5.92 Å². The zero-order valence-corrected chi connectivity index (χ0v) is 14.6. The quantitative estimate of drug-likeness (QED) is 0.791. The SMILES string of the molecule is CC1CC1c1ccc(CNCCCc2nnc3n2CCCCC3)o1. The maximum atomic E-state index is 5.93. The van der Waals surface area contributed by atoms with Gasteiger partial charge in [-0.1, -0.05) is 13.3 Å². The first kappa shape index (κ1) is 15.9. The average molecular weight is 328 g/mol. The maximum Gasteiger partial charge on any atom is 0.133 e. The predicted octanol–water partition coefficient (Wildman–Crippen LogP) is 3.44. The Kier molecular flexibility index (Phi) is 4.69. The van der Waals surface area contributed by atoms with Gasteiger partial charge in [-0.3, -0.25) is 0 Å². The number of nitrogens with one attached hydrogen (secondary N) is 1. The molecule has 3 heterocycles. The Hall–Kier alpha value is -1.62. The third-order valence-electron chi connectivity index (χ3n) is 5.40. The smallest absolute Gasteiger partial charge is 0.133 e. The molecule has 1 saturated carbocycles. The van der Waals surface area contributed by atoms with Crippen LogP contribution in [0.15, 0.2) is 16.5 Å². The fraction of sp³-hybridized carbons (Fsp3) is 0.684. The van der Waals surface area contributed by atoms with Gasteiger partial charge in [-0.15, -0.1) is 10.2 Å². The van der Waals surface area contributed by atoms with E-state index in [2.05, 4.69) is 39.1 Å². The molecule has 2 unspecified atom stereocenters. The Morgan fingerprint density at radius 2 is 2.17 bits per heavy atom. The van der Waals surface area contributed by atoms with Crippen LogP contribution >= 0.6 is 0 Å². The van der Waals surface area contributed by atoms with Crippen LogP contribution in [-0.2, 0) is 25.9 Å². The Morgan fingerprint density at radius 3 is 3.04 bits per heavy atom. The molecule has 0 spiro atoms. The Labute approximate surface area is 143 Å². The third kappa shape index (κ3) is 3.56. The molecule has 0 radical (unpaired) electrons. The first-order valence-electron chi connectivity index (χ1n) is 9.51. The molecular formula is C19H28N4O. The summed E-state index contributed by atoms with van der Waals surface area (Å²) in [6.07, 6.45) is 8.29. The number of nitrogens with zero attached hydrogens (tertiary/aromatic N) is 3. The van der Waals surface area contributed by atoms with Crippen LogP contribution in [0.5, 0.6) is 0 Å². The summed E-state index contributed by atoms with van der Waals surface area (Å²) in [5.41, 5.74) is 0. The second-order valence-electron chi connectivity index (χ2n) is 7.40. The van der Waals surface area contributed by atoms with Crippen molar-refractivity contribution in [3.63, 3.8) is 0 Å². The molecule has 5 nitrogen and oxygen atoms in total. The third-order valence-corrected chi connectivity index (χ3v) is 5.40. The van der Waals surface area contributed by atoms with Gasteiger partial charge in [-0.2, -0.15) is 0 Å². The van der Waals surface area contributed by atoms with Crippen molar-refractivity contribution >= 4 is 0 Å². The van der Waals surface area contributed by atoms with Crippen molar-refractivity contribution in [2.24, 2.45) is 5.92 Å². The van der Waals surface area contributed by atoms with E-state index in [0.29, 0.717) is 5.92 Å². The summed E-state index contributed by atoms with van der Waals surface area (Å²) in [7, 11) is 0. The summed E-state index contributed by atoms with van der Waals surface area (Å²) in [6.45, 7) is 5.19. The van der Waals surface area contributed by atoms with Gasteiger partial charge in [0.05, 0.1) is 6.54 Å². The normalized spacial score (nSPS) is 23.0. The summed E-state index contributed by atoms with van der Waals surface area (Å²) >= 11 is 0. The van der Waals surface area contributed by atoms with Crippen molar-refractivity contribution in [2.75, 3.05) is 6.54 Å². The lowest BCUT2D eigenvalue weighted by Gasteiger charge is -2.07. The molecule has 1 fully saturated rings. The number of fused-ring (bicyclic) bond motifs is 1. The number of rotatable bonds is 7. The summed E-state index contributed by atoms with van der Waals surface area (Å²) in [4.78, 5) is 0. The van der Waals surface area contributed by atoms with E-state index in [1.165, 1.54) is 37.3 Å². The van der Waals surface area contributed by atoms with E-state index < -0.39 is 0 Å². The lowest BCUT2D eigenvalue weighted by Crippen LogP contribution is -2.16. The largest absolute Gasteiger partial charge is 0.464 e. The first-order chi connectivity index (χ1) is 11.8. The topological polar surface area (TPSA) is 55.9 Å². The van der Waals surface area contributed by atoms with Crippen LogP contribution in [0.2, 0.25) is 0 Å². The summed E-state index contributed by atoms with van der Waals surface area (Å²) < 4.78 is 8.28. The predicted molar refractivity (Wildman–Crippen MR) is 92.8 cm³/mol. The highest BCUT2D eigenvalue weighted by Gasteiger charge is 2.36. The fourth-order valence-electron chi connectivity index (χ4n) is 3.72. The van der Waals surface area contributed by atoms with Gasteiger partial charge in [0, 0.05) is 25.3 Å². The van der Waals surface area contributed by atoms with E-state index in [9.17, 15) is 0 Å². The number of hydrogen-bond acceptors (Lipinski definition) is 4. The zero-order chi connectivity index (χ0) is 16.4. The van der Waals surface area contributed by atoms with Gasteiger partial charge in [0.15, 0.2) is 0 Å². The molecule has 2 atom stereocenters. The highest BCUT2D eigenvalue weighted by atomic mass is 16.3. The van der Waals surface area contributed by atoms with E-state index in [1.54, 1.807) is 0 Å². The van der Waals surface area contributed by atoms with E-state index in [-0.39, 0.29) is 0 Å². The Bertz CT molecular complexity index is 675. The standard InChI is InChI=1S/C19H28N4O/c1-14-12-16(14)17-9-8-15(24-17)13-20-10-5-7-19-22-21-18-6-3-2-4-11-23(18)19/h8-9,14,16,20H,2-7,10-13H2,1H3. The highest BCUT2D eigenvalue weighted by molar-refractivity contribution is 5.17. The van der Waals surface area contributed by atoms with Crippen molar-refractivity contribution in [1.82, 2.24) is 20.1 Å². The van der Waals surface area contributed by atoms with Gasteiger partial charge in [0.2, 0.25) is 0 Å².